The highest BCUT2D eigenvalue weighted by molar-refractivity contribution is 5.94. The minimum Gasteiger partial charge on any atom is -0.337 e. The maximum absolute atomic E-state index is 13.1. The maximum atomic E-state index is 13.1. The lowest BCUT2D eigenvalue weighted by atomic mass is 9.99. The molecule has 156 valence electrons. The third-order valence-corrected chi connectivity index (χ3v) is 6.31. The van der Waals surface area contributed by atoms with E-state index in [-0.39, 0.29) is 29.3 Å². The van der Waals surface area contributed by atoms with Gasteiger partial charge < -0.3 is 14.8 Å². The number of hydrogen-bond acceptors (Lipinski definition) is 5. The summed E-state index contributed by atoms with van der Waals surface area (Å²) in [6.07, 6.45) is 8.37. The molecule has 5 rings (SSSR count). The van der Waals surface area contributed by atoms with Crippen molar-refractivity contribution in [2.45, 2.75) is 51.1 Å². The Kier molecular flexibility index (Phi) is 4.84. The average molecular weight is 407 g/mol. The van der Waals surface area contributed by atoms with Crippen molar-refractivity contribution >= 4 is 11.8 Å². The van der Waals surface area contributed by atoms with Crippen LogP contribution in [0.1, 0.15) is 65.6 Å². The predicted octanol–water partition coefficient (Wildman–Crippen LogP) is 1.83. The number of rotatable bonds is 3. The van der Waals surface area contributed by atoms with Crippen molar-refractivity contribution in [1.29, 1.82) is 0 Å². The topological polar surface area (TPSA) is 99.3 Å². The molecular weight excluding hydrogens is 382 g/mol. The number of aromatic nitrogens is 3. The molecule has 0 radical (unpaired) electrons. The van der Waals surface area contributed by atoms with Gasteiger partial charge in [-0.1, -0.05) is 0 Å². The molecule has 8 nitrogen and oxygen atoms in total. The van der Waals surface area contributed by atoms with Crippen LogP contribution in [0.25, 0.3) is 0 Å². The van der Waals surface area contributed by atoms with Crippen molar-refractivity contribution < 1.29 is 9.59 Å². The molecule has 2 fully saturated rings. The summed E-state index contributed by atoms with van der Waals surface area (Å²) >= 11 is 0. The van der Waals surface area contributed by atoms with E-state index in [0.29, 0.717) is 43.0 Å². The number of piperidine rings is 1. The normalized spacial score (nSPS) is 21.3. The Bertz CT molecular complexity index is 1030. The van der Waals surface area contributed by atoms with Crippen LogP contribution in [0.15, 0.2) is 29.3 Å². The Labute approximate surface area is 174 Å². The molecule has 1 aliphatic carbocycles. The Morgan fingerprint density at radius 3 is 2.77 bits per heavy atom. The third kappa shape index (κ3) is 3.51. The highest BCUT2D eigenvalue weighted by Gasteiger charge is 2.36. The number of amides is 2. The summed E-state index contributed by atoms with van der Waals surface area (Å²) in [5.41, 5.74) is 1.69. The second-order valence-corrected chi connectivity index (χ2v) is 8.41. The van der Waals surface area contributed by atoms with Crippen LogP contribution in [0.3, 0.4) is 0 Å². The van der Waals surface area contributed by atoms with Gasteiger partial charge in [0.25, 0.3) is 11.5 Å². The quantitative estimate of drug-likeness (QED) is 0.837. The highest BCUT2D eigenvalue weighted by Crippen LogP contribution is 2.33. The van der Waals surface area contributed by atoms with Crippen LogP contribution < -0.4 is 5.56 Å². The van der Waals surface area contributed by atoms with Crippen LogP contribution in [-0.2, 0) is 17.8 Å². The van der Waals surface area contributed by atoms with Gasteiger partial charge in [-0.05, 0) is 44.2 Å². The SMILES string of the molecule is O=C(C1CC1)N1CCc2nc(C3CCCCN3C(=O)c3cccnc3)[nH]c(=O)c2C1. The first kappa shape index (κ1) is 19.0. The zero-order valence-corrected chi connectivity index (χ0v) is 16.8. The van der Waals surface area contributed by atoms with Crippen LogP contribution in [0.5, 0.6) is 0 Å². The van der Waals surface area contributed by atoms with Crippen molar-refractivity contribution in [3.8, 4) is 0 Å². The van der Waals surface area contributed by atoms with Crippen LogP contribution in [0.2, 0.25) is 0 Å². The molecule has 1 unspecified atom stereocenters. The summed E-state index contributed by atoms with van der Waals surface area (Å²) in [7, 11) is 0. The molecule has 1 atom stereocenters. The standard InChI is InChI=1S/C22H25N5O3/c28-20-16-13-26(21(29)14-6-7-14)11-8-17(16)24-19(25-20)18-5-1-2-10-27(18)22(30)15-4-3-9-23-12-15/h3-4,9,12,14,18H,1-2,5-8,10-11,13H2,(H,24,25,28). The molecule has 2 aromatic heterocycles. The number of carbonyl (C=O) groups is 2. The zero-order valence-electron chi connectivity index (χ0n) is 16.8. The fraction of sp³-hybridized carbons (Fsp3) is 0.500. The van der Waals surface area contributed by atoms with Crippen molar-refractivity contribution in [2.24, 2.45) is 5.92 Å². The Morgan fingerprint density at radius 2 is 2.00 bits per heavy atom. The highest BCUT2D eigenvalue weighted by atomic mass is 16.2. The van der Waals surface area contributed by atoms with E-state index in [4.69, 9.17) is 4.98 Å². The molecule has 2 aromatic rings. The van der Waals surface area contributed by atoms with E-state index in [1.54, 1.807) is 34.3 Å². The summed E-state index contributed by atoms with van der Waals surface area (Å²) < 4.78 is 0. The Hall–Kier alpha value is -3.03. The van der Waals surface area contributed by atoms with Crippen LogP contribution in [0.4, 0.5) is 0 Å². The van der Waals surface area contributed by atoms with Gasteiger partial charge in [-0.3, -0.25) is 19.4 Å². The van der Waals surface area contributed by atoms with E-state index >= 15 is 0 Å². The van der Waals surface area contributed by atoms with E-state index in [0.717, 1.165) is 37.8 Å². The molecule has 2 aliphatic heterocycles. The molecule has 4 heterocycles. The number of hydrogen-bond donors (Lipinski definition) is 1. The number of nitrogens with one attached hydrogen (secondary N) is 1. The van der Waals surface area contributed by atoms with Gasteiger partial charge >= 0.3 is 0 Å². The van der Waals surface area contributed by atoms with Crippen LogP contribution in [0, 0.1) is 5.92 Å². The largest absolute Gasteiger partial charge is 0.337 e. The number of aromatic amines is 1. The molecule has 3 aliphatic rings. The number of carbonyl (C=O) groups excluding carboxylic acids is 2. The number of fused-ring (bicyclic) bond motifs is 1. The van der Waals surface area contributed by atoms with Gasteiger partial charge in [-0.15, -0.1) is 0 Å². The number of H-pyrrole nitrogens is 1. The Balaban J connectivity index is 1.42. The van der Waals surface area contributed by atoms with Gasteiger partial charge in [-0.25, -0.2) is 4.98 Å². The summed E-state index contributed by atoms with van der Waals surface area (Å²) in [5, 5.41) is 0. The third-order valence-electron chi connectivity index (χ3n) is 6.31. The summed E-state index contributed by atoms with van der Waals surface area (Å²) in [6.45, 7) is 1.56. The molecule has 8 heteroatoms. The van der Waals surface area contributed by atoms with Gasteiger partial charge in [-0.2, -0.15) is 0 Å². The summed E-state index contributed by atoms with van der Waals surface area (Å²) in [6, 6.07) is 3.26. The average Bonchev–Trinajstić information content (AvgIpc) is 3.64. The lowest BCUT2D eigenvalue weighted by Gasteiger charge is -2.36. The first-order chi connectivity index (χ1) is 14.6. The zero-order chi connectivity index (χ0) is 20.7. The van der Waals surface area contributed by atoms with Crippen molar-refractivity contribution in [3.63, 3.8) is 0 Å². The molecule has 1 saturated carbocycles. The minimum atomic E-state index is -0.254. The van der Waals surface area contributed by atoms with Gasteiger partial charge in [0.15, 0.2) is 0 Å². The number of likely N-dealkylation sites (tertiary alicyclic amines) is 1. The smallest absolute Gasteiger partial charge is 0.256 e. The Morgan fingerprint density at radius 1 is 1.13 bits per heavy atom. The van der Waals surface area contributed by atoms with Gasteiger partial charge in [0, 0.05) is 37.8 Å². The minimum absolute atomic E-state index is 0.0885. The van der Waals surface area contributed by atoms with Crippen LogP contribution in [-0.4, -0.2) is 49.7 Å². The fourth-order valence-electron chi connectivity index (χ4n) is 4.49. The molecule has 0 bridgehead atoms. The molecular formula is C22H25N5O3. The van der Waals surface area contributed by atoms with Crippen LogP contribution >= 0.6 is 0 Å². The van der Waals surface area contributed by atoms with Gasteiger partial charge in [0.2, 0.25) is 5.91 Å². The van der Waals surface area contributed by atoms with Crippen molar-refractivity contribution in [1.82, 2.24) is 24.8 Å². The monoisotopic (exact) mass is 407 g/mol. The first-order valence-corrected chi connectivity index (χ1v) is 10.7. The van der Waals surface area contributed by atoms with E-state index in [9.17, 15) is 14.4 Å². The van der Waals surface area contributed by atoms with E-state index < -0.39 is 0 Å². The molecule has 1 saturated heterocycles. The summed E-state index contributed by atoms with van der Waals surface area (Å²) in [5.74, 6) is 0.767. The molecule has 30 heavy (non-hydrogen) atoms. The van der Waals surface area contributed by atoms with Gasteiger partial charge in [0.05, 0.1) is 29.4 Å². The lowest BCUT2D eigenvalue weighted by molar-refractivity contribution is -0.133. The van der Waals surface area contributed by atoms with E-state index in [1.165, 1.54) is 0 Å². The van der Waals surface area contributed by atoms with Gasteiger partial charge in [0.1, 0.15) is 5.82 Å². The van der Waals surface area contributed by atoms with E-state index in [2.05, 4.69) is 9.97 Å². The predicted molar refractivity (Wildman–Crippen MR) is 109 cm³/mol. The second-order valence-electron chi connectivity index (χ2n) is 8.41. The number of pyridine rings is 1. The summed E-state index contributed by atoms with van der Waals surface area (Å²) in [4.78, 5) is 53.7. The van der Waals surface area contributed by atoms with E-state index in [1.807, 2.05) is 0 Å². The molecule has 0 aromatic carbocycles. The first-order valence-electron chi connectivity index (χ1n) is 10.7. The lowest BCUT2D eigenvalue weighted by Crippen LogP contribution is -2.43. The number of nitrogens with zero attached hydrogens (tertiary/aromatic N) is 4. The fourth-order valence-corrected chi connectivity index (χ4v) is 4.49. The second kappa shape index (κ2) is 7.66. The molecule has 1 N–H and O–H groups in total. The maximum Gasteiger partial charge on any atom is 0.256 e. The molecule has 0 spiro atoms. The molecule has 2 amide bonds. The van der Waals surface area contributed by atoms with Crippen molar-refractivity contribution in [3.05, 3.63) is 57.5 Å². The van der Waals surface area contributed by atoms with Crippen molar-refractivity contribution in [2.75, 3.05) is 13.1 Å².